The highest BCUT2D eigenvalue weighted by molar-refractivity contribution is 5.78. The number of hydrogen-bond donors (Lipinski definition) is 1. The first-order chi connectivity index (χ1) is 12.4. The summed E-state index contributed by atoms with van der Waals surface area (Å²) in [4.78, 5) is 19.0. The van der Waals surface area contributed by atoms with Gasteiger partial charge in [-0.2, -0.15) is 0 Å². The molecule has 1 amide bonds. The Morgan fingerprint density at radius 1 is 1.27 bits per heavy atom. The molecule has 1 aromatic heterocycles. The van der Waals surface area contributed by atoms with Crippen molar-refractivity contribution in [1.29, 1.82) is 0 Å². The summed E-state index contributed by atoms with van der Waals surface area (Å²) in [5.74, 6) is 0.195. The Morgan fingerprint density at radius 2 is 2.08 bits per heavy atom. The first-order valence-corrected chi connectivity index (χ1v) is 9.22. The van der Waals surface area contributed by atoms with Crippen LogP contribution in [0.2, 0.25) is 0 Å². The molecule has 1 aliphatic rings. The van der Waals surface area contributed by atoms with E-state index < -0.39 is 0 Å². The Morgan fingerprint density at radius 3 is 2.81 bits per heavy atom. The summed E-state index contributed by atoms with van der Waals surface area (Å²) in [5, 5.41) is 3.26. The van der Waals surface area contributed by atoms with Crippen molar-refractivity contribution in [3.8, 4) is 0 Å². The highest BCUT2D eigenvalue weighted by Gasteiger charge is 2.27. The van der Waals surface area contributed by atoms with Crippen molar-refractivity contribution < 1.29 is 9.18 Å². The van der Waals surface area contributed by atoms with Crippen molar-refractivity contribution in [2.75, 3.05) is 18.4 Å². The number of likely N-dealkylation sites (tertiary alicyclic amines) is 1. The molecule has 0 unspecified atom stereocenters. The molecule has 2 heterocycles. The van der Waals surface area contributed by atoms with Crippen LogP contribution in [-0.2, 0) is 4.79 Å². The highest BCUT2D eigenvalue weighted by atomic mass is 19.1. The molecule has 0 saturated carbocycles. The van der Waals surface area contributed by atoms with Crippen LogP contribution in [0.4, 0.5) is 15.8 Å². The van der Waals surface area contributed by atoms with Crippen LogP contribution in [0.5, 0.6) is 0 Å². The number of benzene rings is 1. The summed E-state index contributed by atoms with van der Waals surface area (Å²) in [5.41, 5.74) is 3.51. The number of pyridine rings is 1. The number of carbonyl (C=O) groups is 1. The molecule has 3 rings (SSSR count). The SMILES string of the molecule is Cc1cc(Nc2cccc(F)c2)cc([C@H]2CCCN(C(=O)C(C)C)C2)n1. The molecule has 1 aromatic carbocycles. The summed E-state index contributed by atoms with van der Waals surface area (Å²) in [6.45, 7) is 7.39. The van der Waals surface area contributed by atoms with Crippen LogP contribution < -0.4 is 5.32 Å². The van der Waals surface area contributed by atoms with Gasteiger partial charge in [-0.05, 0) is 50.1 Å². The maximum Gasteiger partial charge on any atom is 0.225 e. The van der Waals surface area contributed by atoms with Gasteiger partial charge < -0.3 is 10.2 Å². The number of amides is 1. The minimum absolute atomic E-state index is 0.0180. The number of anilines is 2. The molecule has 4 nitrogen and oxygen atoms in total. The fourth-order valence-corrected chi connectivity index (χ4v) is 3.49. The van der Waals surface area contributed by atoms with Crippen LogP contribution in [0.3, 0.4) is 0 Å². The van der Waals surface area contributed by atoms with E-state index in [0.717, 1.165) is 36.5 Å². The molecule has 1 atom stereocenters. The van der Waals surface area contributed by atoms with E-state index in [2.05, 4.69) is 5.32 Å². The number of rotatable bonds is 4. The summed E-state index contributed by atoms with van der Waals surface area (Å²) in [6, 6.07) is 10.4. The molecule has 0 bridgehead atoms. The van der Waals surface area contributed by atoms with Gasteiger partial charge in [-0.25, -0.2) is 4.39 Å². The molecule has 1 saturated heterocycles. The zero-order chi connectivity index (χ0) is 18.7. The molecule has 1 N–H and O–H groups in total. The molecule has 0 radical (unpaired) electrons. The fraction of sp³-hybridized carbons (Fsp3) is 0.429. The van der Waals surface area contributed by atoms with Gasteiger partial charge in [-0.3, -0.25) is 9.78 Å². The fourth-order valence-electron chi connectivity index (χ4n) is 3.49. The number of halogens is 1. The third-order valence-electron chi connectivity index (χ3n) is 4.73. The zero-order valence-electron chi connectivity index (χ0n) is 15.6. The third-order valence-corrected chi connectivity index (χ3v) is 4.73. The smallest absolute Gasteiger partial charge is 0.225 e. The standard InChI is InChI=1S/C21H26FN3O/c1-14(2)21(26)25-9-5-6-16(13-25)20-12-19(10-15(3)23-20)24-18-8-4-7-17(22)11-18/h4,7-8,10-12,14,16H,5-6,9,13H2,1-3H3,(H,23,24)/t16-/m0/s1. The van der Waals surface area contributed by atoms with E-state index in [1.165, 1.54) is 12.1 Å². The van der Waals surface area contributed by atoms with Crippen molar-refractivity contribution in [1.82, 2.24) is 9.88 Å². The maximum atomic E-state index is 13.4. The maximum absolute atomic E-state index is 13.4. The van der Waals surface area contributed by atoms with E-state index >= 15 is 0 Å². The number of aryl methyl sites for hydroxylation is 1. The molecular formula is C21H26FN3O. The molecule has 1 aliphatic heterocycles. The lowest BCUT2D eigenvalue weighted by molar-refractivity contribution is -0.135. The predicted octanol–water partition coefficient (Wildman–Crippen LogP) is 4.63. The van der Waals surface area contributed by atoms with E-state index in [4.69, 9.17) is 4.98 Å². The quantitative estimate of drug-likeness (QED) is 0.869. The number of hydrogen-bond acceptors (Lipinski definition) is 3. The van der Waals surface area contributed by atoms with Crippen LogP contribution >= 0.6 is 0 Å². The second-order valence-electron chi connectivity index (χ2n) is 7.34. The van der Waals surface area contributed by atoms with Gasteiger partial charge in [-0.15, -0.1) is 0 Å². The van der Waals surface area contributed by atoms with Crippen LogP contribution in [-0.4, -0.2) is 28.9 Å². The topological polar surface area (TPSA) is 45.2 Å². The largest absolute Gasteiger partial charge is 0.355 e. The lowest BCUT2D eigenvalue weighted by Crippen LogP contribution is -2.41. The van der Waals surface area contributed by atoms with Crippen LogP contribution in [0, 0.1) is 18.7 Å². The number of nitrogens with zero attached hydrogens (tertiary/aromatic N) is 2. The number of nitrogens with one attached hydrogen (secondary N) is 1. The Labute approximate surface area is 154 Å². The molecule has 5 heteroatoms. The first kappa shape index (κ1) is 18.4. The van der Waals surface area contributed by atoms with E-state index in [1.54, 1.807) is 6.07 Å². The Kier molecular flexibility index (Phi) is 5.55. The summed E-state index contributed by atoms with van der Waals surface area (Å²) in [7, 11) is 0. The van der Waals surface area contributed by atoms with Gasteiger partial charge in [0.2, 0.25) is 5.91 Å². The lowest BCUT2D eigenvalue weighted by atomic mass is 9.93. The number of piperidine rings is 1. The van der Waals surface area contributed by atoms with E-state index in [-0.39, 0.29) is 23.6 Å². The molecule has 2 aromatic rings. The minimum atomic E-state index is -0.267. The van der Waals surface area contributed by atoms with Gasteiger partial charge in [0.25, 0.3) is 0 Å². The Hall–Kier alpha value is -2.43. The van der Waals surface area contributed by atoms with Crippen molar-refractivity contribution in [3.63, 3.8) is 0 Å². The third kappa shape index (κ3) is 4.40. The molecule has 0 spiro atoms. The van der Waals surface area contributed by atoms with Crippen molar-refractivity contribution in [3.05, 3.63) is 53.6 Å². The van der Waals surface area contributed by atoms with Gasteiger partial charge >= 0.3 is 0 Å². The number of carbonyl (C=O) groups excluding carboxylic acids is 1. The van der Waals surface area contributed by atoms with Gasteiger partial charge in [0, 0.05) is 47.7 Å². The van der Waals surface area contributed by atoms with Crippen LogP contribution in [0.1, 0.15) is 44.0 Å². The van der Waals surface area contributed by atoms with Gasteiger partial charge in [0.1, 0.15) is 5.82 Å². The molecule has 26 heavy (non-hydrogen) atoms. The van der Waals surface area contributed by atoms with E-state index in [1.807, 2.05) is 43.9 Å². The van der Waals surface area contributed by atoms with Crippen molar-refractivity contribution in [2.45, 2.75) is 39.5 Å². The molecule has 0 aliphatic carbocycles. The van der Waals surface area contributed by atoms with Gasteiger partial charge in [0.15, 0.2) is 0 Å². The molecular weight excluding hydrogens is 329 g/mol. The first-order valence-electron chi connectivity index (χ1n) is 9.22. The molecule has 1 fully saturated rings. The average molecular weight is 355 g/mol. The summed E-state index contributed by atoms with van der Waals surface area (Å²) in [6.07, 6.45) is 2.02. The summed E-state index contributed by atoms with van der Waals surface area (Å²) >= 11 is 0. The van der Waals surface area contributed by atoms with Gasteiger partial charge in [0.05, 0.1) is 0 Å². The van der Waals surface area contributed by atoms with Crippen molar-refractivity contribution in [2.24, 2.45) is 5.92 Å². The summed E-state index contributed by atoms with van der Waals surface area (Å²) < 4.78 is 13.4. The zero-order valence-corrected chi connectivity index (χ0v) is 15.6. The Balaban J connectivity index is 1.79. The second-order valence-corrected chi connectivity index (χ2v) is 7.34. The average Bonchev–Trinajstić information content (AvgIpc) is 2.60. The van der Waals surface area contributed by atoms with Crippen LogP contribution in [0.25, 0.3) is 0 Å². The monoisotopic (exact) mass is 355 g/mol. The lowest BCUT2D eigenvalue weighted by Gasteiger charge is -2.34. The number of aromatic nitrogens is 1. The van der Waals surface area contributed by atoms with Crippen LogP contribution in [0.15, 0.2) is 36.4 Å². The normalized spacial score (nSPS) is 17.4. The molecule has 138 valence electrons. The second kappa shape index (κ2) is 7.85. The van der Waals surface area contributed by atoms with E-state index in [0.29, 0.717) is 12.2 Å². The van der Waals surface area contributed by atoms with E-state index in [9.17, 15) is 9.18 Å². The highest BCUT2D eigenvalue weighted by Crippen LogP contribution is 2.29. The van der Waals surface area contributed by atoms with Crippen molar-refractivity contribution >= 4 is 17.3 Å². The Bertz CT molecular complexity index is 791. The van der Waals surface area contributed by atoms with Gasteiger partial charge in [-0.1, -0.05) is 19.9 Å². The minimum Gasteiger partial charge on any atom is -0.355 e. The predicted molar refractivity (Wildman–Crippen MR) is 102 cm³/mol.